The number of piperazine rings is 1. The van der Waals surface area contributed by atoms with Crippen LogP contribution in [0.2, 0.25) is 0 Å². The molecule has 1 aliphatic rings. The van der Waals surface area contributed by atoms with E-state index in [2.05, 4.69) is 23.3 Å². The highest BCUT2D eigenvalue weighted by Crippen LogP contribution is 2.13. The summed E-state index contributed by atoms with van der Waals surface area (Å²) in [7, 11) is 0. The molecule has 0 spiro atoms. The molecule has 3 nitrogen and oxygen atoms in total. The second kappa shape index (κ2) is 7.27. The van der Waals surface area contributed by atoms with Crippen LogP contribution < -0.4 is 0 Å². The van der Waals surface area contributed by atoms with Crippen LogP contribution in [-0.4, -0.2) is 59.3 Å². The first-order chi connectivity index (χ1) is 8.42. The van der Waals surface area contributed by atoms with Crippen molar-refractivity contribution in [3.05, 3.63) is 12.7 Å². The highest BCUT2D eigenvalue weighted by atomic mass is 16.3. The van der Waals surface area contributed by atoms with Crippen molar-refractivity contribution in [1.29, 1.82) is 0 Å². The van der Waals surface area contributed by atoms with E-state index < -0.39 is 5.60 Å². The summed E-state index contributed by atoms with van der Waals surface area (Å²) in [6.07, 6.45) is 5.64. The zero-order chi connectivity index (χ0) is 13.6. The summed E-state index contributed by atoms with van der Waals surface area (Å²) in [5.41, 5.74) is -0.572. The van der Waals surface area contributed by atoms with Crippen molar-refractivity contribution in [2.45, 2.75) is 51.7 Å². The van der Waals surface area contributed by atoms with Crippen molar-refractivity contribution in [1.82, 2.24) is 9.80 Å². The molecule has 18 heavy (non-hydrogen) atoms. The lowest BCUT2D eigenvalue weighted by Gasteiger charge is -2.40. The standard InChI is InChI=1S/C15H30N2O/c1-5-6-7-8-14(2)17-11-9-16(10-12-17)13-15(3,4)18/h5,14,18H,1,6-13H2,2-4H3/t14-/m0/s1. The number of aliphatic hydroxyl groups is 1. The lowest BCUT2D eigenvalue weighted by molar-refractivity contribution is 0.0115. The highest BCUT2D eigenvalue weighted by Gasteiger charge is 2.24. The minimum Gasteiger partial charge on any atom is -0.389 e. The highest BCUT2D eigenvalue weighted by molar-refractivity contribution is 4.80. The molecular formula is C15H30N2O. The van der Waals surface area contributed by atoms with Gasteiger partial charge in [-0.1, -0.05) is 6.08 Å². The van der Waals surface area contributed by atoms with E-state index in [0.29, 0.717) is 6.04 Å². The van der Waals surface area contributed by atoms with Gasteiger partial charge in [0, 0.05) is 38.8 Å². The Balaban J connectivity index is 2.24. The summed E-state index contributed by atoms with van der Waals surface area (Å²) in [6.45, 7) is 15.1. The van der Waals surface area contributed by atoms with Gasteiger partial charge >= 0.3 is 0 Å². The van der Waals surface area contributed by atoms with Crippen molar-refractivity contribution in [3.63, 3.8) is 0 Å². The number of hydrogen-bond donors (Lipinski definition) is 1. The van der Waals surface area contributed by atoms with Crippen LogP contribution in [0.15, 0.2) is 12.7 Å². The van der Waals surface area contributed by atoms with Crippen molar-refractivity contribution < 1.29 is 5.11 Å². The van der Waals surface area contributed by atoms with Gasteiger partial charge in [-0.15, -0.1) is 6.58 Å². The van der Waals surface area contributed by atoms with E-state index in [1.54, 1.807) is 0 Å². The SMILES string of the molecule is C=CCCC[C@H](C)N1CCN(CC(C)(C)O)CC1. The van der Waals surface area contributed by atoms with Gasteiger partial charge in [0.05, 0.1) is 5.60 Å². The maximum Gasteiger partial charge on any atom is 0.0718 e. The van der Waals surface area contributed by atoms with Gasteiger partial charge in [-0.25, -0.2) is 0 Å². The predicted molar refractivity (Wildman–Crippen MR) is 77.8 cm³/mol. The number of allylic oxidation sites excluding steroid dienone is 1. The van der Waals surface area contributed by atoms with Crippen LogP contribution in [-0.2, 0) is 0 Å². The van der Waals surface area contributed by atoms with Gasteiger partial charge in [0.2, 0.25) is 0 Å². The zero-order valence-electron chi connectivity index (χ0n) is 12.4. The predicted octanol–water partition coefficient (Wildman–Crippen LogP) is 2.12. The Bertz CT molecular complexity index is 239. The second-order valence-electron chi connectivity index (χ2n) is 6.19. The van der Waals surface area contributed by atoms with E-state index >= 15 is 0 Å². The molecule has 0 unspecified atom stereocenters. The Labute approximate surface area is 112 Å². The Morgan fingerprint density at radius 2 is 1.89 bits per heavy atom. The number of β-amino-alcohol motifs (C(OH)–C–C–N with tert-alkyl or cyclic N) is 1. The first-order valence-electron chi connectivity index (χ1n) is 7.22. The van der Waals surface area contributed by atoms with Gasteiger partial charge in [-0.2, -0.15) is 0 Å². The molecule has 0 saturated carbocycles. The molecule has 0 radical (unpaired) electrons. The first kappa shape index (κ1) is 15.7. The third-order valence-electron chi connectivity index (χ3n) is 3.67. The Hall–Kier alpha value is -0.380. The van der Waals surface area contributed by atoms with E-state index in [0.717, 1.165) is 39.1 Å². The van der Waals surface area contributed by atoms with Gasteiger partial charge in [-0.3, -0.25) is 9.80 Å². The van der Waals surface area contributed by atoms with Gasteiger partial charge in [0.1, 0.15) is 0 Å². The minimum absolute atomic E-state index is 0.572. The molecule has 0 bridgehead atoms. The molecule has 3 heteroatoms. The summed E-state index contributed by atoms with van der Waals surface area (Å²) in [5.74, 6) is 0. The molecule has 0 amide bonds. The monoisotopic (exact) mass is 254 g/mol. The van der Waals surface area contributed by atoms with Crippen LogP contribution >= 0.6 is 0 Å². The van der Waals surface area contributed by atoms with Crippen LogP contribution in [0.4, 0.5) is 0 Å². The normalized spacial score (nSPS) is 20.9. The molecule has 0 aliphatic carbocycles. The number of rotatable bonds is 7. The van der Waals surface area contributed by atoms with Crippen LogP contribution in [0.25, 0.3) is 0 Å². The van der Waals surface area contributed by atoms with Crippen LogP contribution in [0, 0.1) is 0 Å². The number of unbranched alkanes of at least 4 members (excludes halogenated alkanes) is 1. The van der Waals surface area contributed by atoms with E-state index in [-0.39, 0.29) is 0 Å². The first-order valence-corrected chi connectivity index (χ1v) is 7.22. The van der Waals surface area contributed by atoms with Gasteiger partial charge in [0.25, 0.3) is 0 Å². The molecule has 0 aromatic heterocycles. The largest absolute Gasteiger partial charge is 0.389 e. The Morgan fingerprint density at radius 1 is 1.28 bits per heavy atom. The van der Waals surface area contributed by atoms with Crippen molar-refractivity contribution in [2.24, 2.45) is 0 Å². The van der Waals surface area contributed by atoms with Gasteiger partial charge < -0.3 is 5.11 Å². The summed E-state index contributed by atoms with van der Waals surface area (Å²) in [4.78, 5) is 4.94. The van der Waals surface area contributed by atoms with Crippen LogP contribution in [0.5, 0.6) is 0 Å². The molecule has 1 rings (SSSR count). The van der Waals surface area contributed by atoms with E-state index in [4.69, 9.17) is 0 Å². The van der Waals surface area contributed by atoms with Crippen LogP contribution in [0.1, 0.15) is 40.0 Å². The number of nitrogens with zero attached hydrogens (tertiary/aromatic N) is 2. The summed E-state index contributed by atoms with van der Waals surface area (Å²) >= 11 is 0. The van der Waals surface area contributed by atoms with Crippen LogP contribution in [0.3, 0.4) is 0 Å². The molecule has 0 aromatic rings. The molecule has 0 aromatic carbocycles. The quantitative estimate of drug-likeness (QED) is 0.557. The Kier molecular flexibility index (Phi) is 6.33. The van der Waals surface area contributed by atoms with Crippen molar-refractivity contribution >= 4 is 0 Å². The van der Waals surface area contributed by atoms with Crippen molar-refractivity contribution in [3.8, 4) is 0 Å². The van der Waals surface area contributed by atoms with Gasteiger partial charge in [-0.05, 0) is 40.0 Å². The van der Waals surface area contributed by atoms with E-state index in [1.165, 1.54) is 12.8 Å². The summed E-state index contributed by atoms with van der Waals surface area (Å²) in [5, 5.41) is 9.82. The zero-order valence-corrected chi connectivity index (χ0v) is 12.4. The summed E-state index contributed by atoms with van der Waals surface area (Å²) < 4.78 is 0. The molecule has 1 N–H and O–H groups in total. The molecule has 1 heterocycles. The van der Waals surface area contributed by atoms with Crippen molar-refractivity contribution in [2.75, 3.05) is 32.7 Å². The molecule has 1 fully saturated rings. The topological polar surface area (TPSA) is 26.7 Å². The fourth-order valence-corrected chi connectivity index (χ4v) is 2.65. The molecular weight excluding hydrogens is 224 g/mol. The maximum atomic E-state index is 9.82. The fraction of sp³-hybridized carbons (Fsp3) is 0.867. The fourth-order valence-electron chi connectivity index (χ4n) is 2.65. The smallest absolute Gasteiger partial charge is 0.0718 e. The van der Waals surface area contributed by atoms with Gasteiger partial charge in [0.15, 0.2) is 0 Å². The Morgan fingerprint density at radius 3 is 2.39 bits per heavy atom. The van der Waals surface area contributed by atoms with E-state index in [9.17, 15) is 5.11 Å². The third kappa shape index (κ3) is 5.98. The second-order valence-corrected chi connectivity index (χ2v) is 6.19. The maximum absolute atomic E-state index is 9.82. The number of hydrogen-bond acceptors (Lipinski definition) is 3. The average Bonchev–Trinajstić information content (AvgIpc) is 2.28. The lowest BCUT2D eigenvalue weighted by Crippen LogP contribution is -2.52. The molecule has 1 saturated heterocycles. The van der Waals surface area contributed by atoms with E-state index in [1.807, 2.05) is 19.9 Å². The molecule has 1 aliphatic heterocycles. The molecule has 1 atom stereocenters. The lowest BCUT2D eigenvalue weighted by atomic mass is 10.1. The molecule has 106 valence electrons. The summed E-state index contributed by atoms with van der Waals surface area (Å²) in [6, 6.07) is 0.675. The third-order valence-corrected chi connectivity index (χ3v) is 3.67. The minimum atomic E-state index is -0.572. The average molecular weight is 254 g/mol.